The summed E-state index contributed by atoms with van der Waals surface area (Å²) >= 11 is 0. The van der Waals surface area contributed by atoms with Crippen molar-refractivity contribution in [1.82, 2.24) is 0 Å². The number of nitrogens with zero attached hydrogens (tertiary/aromatic N) is 1. The summed E-state index contributed by atoms with van der Waals surface area (Å²) in [5.74, 6) is 0. The minimum absolute atomic E-state index is 0.581. The molecule has 0 fully saturated rings. The molecular formula is C61H41NO. The number of fused-ring (bicyclic) bond motifs is 6. The molecule has 2 nitrogen and oxygen atoms in total. The normalized spacial score (nSPS) is 12.6. The van der Waals surface area contributed by atoms with E-state index in [4.69, 9.17) is 4.42 Å². The van der Waals surface area contributed by atoms with Crippen LogP contribution in [0.4, 0.5) is 17.1 Å². The van der Waals surface area contributed by atoms with Crippen LogP contribution in [0.1, 0.15) is 22.3 Å². The lowest BCUT2D eigenvalue weighted by molar-refractivity contribution is 0.668. The zero-order valence-electron chi connectivity index (χ0n) is 34.5. The third-order valence-corrected chi connectivity index (χ3v) is 12.9. The van der Waals surface area contributed by atoms with E-state index in [0.717, 1.165) is 50.1 Å². The fourth-order valence-electron chi connectivity index (χ4n) is 10.1. The van der Waals surface area contributed by atoms with Crippen LogP contribution in [0.25, 0.3) is 66.4 Å². The largest absolute Gasteiger partial charge is 0.456 e. The van der Waals surface area contributed by atoms with Gasteiger partial charge in [-0.1, -0.05) is 200 Å². The molecule has 0 radical (unpaired) electrons. The van der Waals surface area contributed by atoms with Gasteiger partial charge >= 0.3 is 0 Å². The average molecular weight is 804 g/mol. The summed E-state index contributed by atoms with van der Waals surface area (Å²) in [6.07, 6.45) is 0. The van der Waals surface area contributed by atoms with Crippen LogP contribution in [0.5, 0.6) is 0 Å². The molecule has 10 aromatic carbocycles. The van der Waals surface area contributed by atoms with Crippen LogP contribution in [-0.4, -0.2) is 0 Å². The number of hydrogen-bond donors (Lipinski definition) is 0. The molecule has 12 rings (SSSR count). The van der Waals surface area contributed by atoms with E-state index >= 15 is 0 Å². The number of hydrogen-bond acceptors (Lipinski definition) is 2. The lowest BCUT2D eigenvalue weighted by atomic mass is 9.67. The number of rotatable bonds is 8. The van der Waals surface area contributed by atoms with Crippen LogP contribution in [0.3, 0.4) is 0 Å². The van der Waals surface area contributed by atoms with E-state index in [9.17, 15) is 0 Å². The molecule has 0 saturated heterocycles. The van der Waals surface area contributed by atoms with Crippen LogP contribution in [0, 0.1) is 0 Å². The van der Waals surface area contributed by atoms with Crippen LogP contribution < -0.4 is 4.90 Å². The first kappa shape index (κ1) is 36.6. The van der Waals surface area contributed by atoms with Gasteiger partial charge in [-0.25, -0.2) is 0 Å². The molecule has 11 aromatic rings. The van der Waals surface area contributed by atoms with Gasteiger partial charge in [0.2, 0.25) is 0 Å². The minimum Gasteiger partial charge on any atom is -0.456 e. The smallest absolute Gasteiger partial charge is 0.137 e. The molecule has 0 spiro atoms. The number of furan rings is 1. The molecule has 0 saturated carbocycles. The van der Waals surface area contributed by atoms with Crippen molar-refractivity contribution in [3.63, 3.8) is 0 Å². The van der Waals surface area contributed by atoms with Gasteiger partial charge in [-0.15, -0.1) is 0 Å². The highest BCUT2D eigenvalue weighted by Crippen LogP contribution is 2.57. The lowest BCUT2D eigenvalue weighted by Crippen LogP contribution is -2.28. The first-order valence-corrected chi connectivity index (χ1v) is 21.7. The van der Waals surface area contributed by atoms with Crippen molar-refractivity contribution < 1.29 is 4.42 Å². The maximum atomic E-state index is 6.83. The van der Waals surface area contributed by atoms with E-state index in [0.29, 0.717) is 0 Å². The Morgan fingerprint density at radius 3 is 1.35 bits per heavy atom. The molecule has 0 amide bonds. The van der Waals surface area contributed by atoms with Crippen LogP contribution in [0.15, 0.2) is 253 Å². The van der Waals surface area contributed by atoms with Crippen molar-refractivity contribution in [2.24, 2.45) is 0 Å². The van der Waals surface area contributed by atoms with E-state index in [2.05, 4.69) is 254 Å². The van der Waals surface area contributed by atoms with Crippen molar-refractivity contribution in [2.75, 3.05) is 4.90 Å². The molecule has 1 aliphatic rings. The highest BCUT2D eigenvalue weighted by atomic mass is 16.3. The van der Waals surface area contributed by atoms with Gasteiger partial charge in [0.05, 0.1) is 16.5 Å². The molecule has 0 N–H and O–H groups in total. The standard InChI is InChI=1S/C61H41NO/c1-4-17-42(18-5-1)45-33-35-48(36-34-45)61(55-29-12-10-27-52(55)53-28-11-13-30-56(53)61)49-37-38-58-54(41-49)60-57(31-16-32-59(60)63-58)62(50-25-14-23-46(39-50)43-19-6-2-7-20-43)51-26-15-24-47(40-51)44-21-8-3-9-22-44/h1-41H. The second-order valence-electron chi connectivity index (χ2n) is 16.4. The molecule has 0 aliphatic heterocycles. The second kappa shape index (κ2) is 15.1. The second-order valence-corrected chi connectivity index (χ2v) is 16.4. The highest BCUT2D eigenvalue weighted by molar-refractivity contribution is 6.14. The molecule has 296 valence electrons. The maximum absolute atomic E-state index is 6.83. The number of anilines is 3. The minimum atomic E-state index is -0.581. The average Bonchev–Trinajstić information content (AvgIpc) is 3.89. The molecule has 2 heteroatoms. The quantitative estimate of drug-likeness (QED) is 0.152. The van der Waals surface area contributed by atoms with Gasteiger partial charge in [-0.3, -0.25) is 0 Å². The van der Waals surface area contributed by atoms with E-state index in [-0.39, 0.29) is 0 Å². The van der Waals surface area contributed by atoms with E-state index in [1.807, 2.05) is 0 Å². The molecular weight excluding hydrogens is 763 g/mol. The van der Waals surface area contributed by atoms with Crippen LogP contribution in [0.2, 0.25) is 0 Å². The Bertz CT molecular complexity index is 3310. The lowest BCUT2D eigenvalue weighted by Gasteiger charge is -2.34. The Labute approximate surface area is 367 Å². The molecule has 0 atom stereocenters. The molecule has 63 heavy (non-hydrogen) atoms. The predicted octanol–water partition coefficient (Wildman–Crippen LogP) is 16.4. The first-order valence-electron chi connectivity index (χ1n) is 21.7. The fraction of sp³-hybridized carbons (Fsp3) is 0.0164. The third-order valence-electron chi connectivity index (χ3n) is 12.9. The Hall–Kier alpha value is -8.20. The summed E-state index contributed by atoms with van der Waals surface area (Å²) in [6.45, 7) is 0. The summed E-state index contributed by atoms with van der Waals surface area (Å²) in [5.41, 5.74) is 18.9. The summed E-state index contributed by atoms with van der Waals surface area (Å²) < 4.78 is 6.83. The van der Waals surface area contributed by atoms with Crippen LogP contribution in [-0.2, 0) is 5.41 Å². The van der Waals surface area contributed by atoms with Gasteiger partial charge in [0, 0.05) is 16.8 Å². The monoisotopic (exact) mass is 803 g/mol. The van der Waals surface area contributed by atoms with Gasteiger partial charge in [0.15, 0.2) is 0 Å². The Kier molecular flexibility index (Phi) is 8.76. The summed E-state index contributed by atoms with van der Waals surface area (Å²) in [4.78, 5) is 2.40. The molecule has 0 bridgehead atoms. The topological polar surface area (TPSA) is 16.4 Å². The molecule has 1 aliphatic carbocycles. The first-order chi connectivity index (χ1) is 31.2. The summed E-state index contributed by atoms with van der Waals surface area (Å²) in [6, 6.07) is 90.2. The Balaban J connectivity index is 1.11. The van der Waals surface area contributed by atoms with Gasteiger partial charge in [-0.2, -0.15) is 0 Å². The Morgan fingerprint density at radius 1 is 0.317 bits per heavy atom. The van der Waals surface area contributed by atoms with E-state index in [1.54, 1.807) is 0 Å². The summed E-state index contributed by atoms with van der Waals surface area (Å²) in [5, 5.41) is 2.14. The number of benzene rings is 10. The zero-order valence-corrected chi connectivity index (χ0v) is 34.5. The van der Waals surface area contributed by atoms with Crippen molar-refractivity contribution in [3.05, 3.63) is 271 Å². The van der Waals surface area contributed by atoms with Gasteiger partial charge in [0.25, 0.3) is 0 Å². The fourth-order valence-corrected chi connectivity index (χ4v) is 10.1. The van der Waals surface area contributed by atoms with Gasteiger partial charge in [-0.05, 0) is 115 Å². The van der Waals surface area contributed by atoms with Crippen molar-refractivity contribution in [1.29, 1.82) is 0 Å². The predicted molar refractivity (Wildman–Crippen MR) is 262 cm³/mol. The van der Waals surface area contributed by atoms with Crippen molar-refractivity contribution in [3.8, 4) is 44.5 Å². The van der Waals surface area contributed by atoms with E-state index < -0.39 is 5.41 Å². The highest BCUT2D eigenvalue weighted by Gasteiger charge is 2.46. The van der Waals surface area contributed by atoms with Gasteiger partial charge in [0.1, 0.15) is 11.2 Å². The van der Waals surface area contributed by atoms with E-state index in [1.165, 1.54) is 55.6 Å². The van der Waals surface area contributed by atoms with Crippen LogP contribution >= 0.6 is 0 Å². The molecule has 1 heterocycles. The summed E-state index contributed by atoms with van der Waals surface area (Å²) in [7, 11) is 0. The molecule has 1 aromatic heterocycles. The van der Waals surface area contributed by atoms with Crippen molar-refractivity contribution in [2.45, 2.75) is 5.41 Å². The zero-order chi connectivity index (χ0) is 41.7. The molecule has 0 unspecified atom stereocenters. The maximum Gasteiger partial charge on any atom is 0.137 e. The van der Waals surface area contributed by atoms with Gasteiger partial charge < -0.3 is 9.32 Å². The van der Waals surface area contributed by atoms with Crippen molar-refractivity contribution >= 4 is 39.0 Å². The SMILES string of the molecule is c1ccc(-c2ccc(C3(c4ccc5oc6cccc(N(c7cccc(-c8ccccc8)c7)c7cccc(-c8ccccc8)c7)c6c5c4)c4ccccc4-c4ccccc43)cc2)cc1. The third kappa shape index (κ3) is 6.02. The Morgan fingerprint density at radius 2 is 0.778 bits per heavy atom.